The summed E-state index contributed by atoms with van der Waals surface area (Å²) in [6.07, 6.45) is -1.43. The van der Waals surface area contributed by atoms with Crippen molar-refractivity contribution in [2.75, 3.05) is 10.2 Å². The van der Waals surface area contributed by atoms with E-state index in [9.17, 15) is 32.3 Å². The average molecular weight is 611 g/mol. The number of thioether (sulfide) groups is 1. The zero-order valence-electron chi connectivity index (χ0n) is 21.8. The molecule has 2 aliphatic rings. The summed E-state index contributed by atoms with van der Waals surface area (Å²) in [4.78, 5) is 59.1. The number of nitrogens with zero attached hydrogens (tertiary/aromatic N) is 3. The number of carbonyl (C=O) groups is 3. The molecule has 1 saturated heterocycles. The summed E-state index contributed by atoms with van der Waals surface area (Å²) in [5.74, 6) is -3.02. The lowest BCUT2D eigenvalue weighted by molar-refractivity contribution is -0.137. The zero-order valence-corrected chi connectivity index (χ0v) is 23.4. The van der Waals surface area contributed by atoms with E-state index in [0.29, 0.717) is 21.2 Å². The SMILES string of the molecule is Cc1ccc(N2C(=O)C3Sc4c(sc(=O)n4CC(=O)Nc4cccc(C(F)(F)F)c4)[C@@H](c4cccnc4)C3C2=O)cc1. The van der Waals surface area contributed by atoms with Gasteiger partial charge in [0.2, 0.25) is 17.7 Å². The van der Waals surface area contributed by atoms with Gasteiger partial charge in [-0.05, 0) is 48.9 Å². The maximum atomic E-state index is 13.8. The van der Waals surface area contributed by atoms with Crippen molar-refractivity contribution in [2.24, 2.45) is 5.92 Å². The fraction of sp³-hybridized carbons (Fsp3) is 0.207. The Hall–Kier alpha value is -4.23. The molecule has 13 heteroatoms. The molecule has 42 heavy (non-hydrogen) atoms. The van der Waals surface area contributed by atoms with Crippen LogP contribution in [-0.2, 0) is 27.1 Å². The highest BCUT2D eigenvalue weighted by Crippen LogP contribution is 2.53. The summed E-state index contributed by atoms with van der Waals surface area (Å²) in [5, 5.41) is 1.92. The van der Waals surface area contributed by atoms with Crippen LogP contribution in [-0.4, -0.2) is 32.5 Å². The van der Waals surface area contributed by atoms with E-state index in [-0.39, 0.29) is 5.69 Å². The van der Waals surface area contributed by atoms with E-state index in [1.807, 2.05) is 6.92 Å². The van der Waals surface area contributed by atoms with Crippen LogP contribution in [0, 0.1) is 12.8 Å². The van der Waals surface area contributed by atoms with Crippen molar-refractivity contribution >= 4 is 52.2 Å². The molecule has 1 fully saturated rings. The monoisotopic (exact) mass is 610 g/mol. The summed E-state index contributed by atoms with van der Waals surface area (Å²) >= 11 is 1.93. The number of aryl methyl sites for hydroxylation is 1. The Morgan fingerprint density at radius 1 is 1.02 bits per heavy atom. The largest absolute Gasteiger partial charge is 0.416 e. The van der Waals surface area contributed by atoms with Crippen LogP contribution in [0.3, 0.4) is 0 Å². The minimum absolute atomic E-state index is 0.0711. The van der Waals surface area contributed by atoms with E-state index in [4.69, 9.17) is 0 Å². The molecule has 0 saturated carbocycles. The van der Waals surface area contributed by atoms with Gasteiger partial charge in [0.15, 0.2) is 0 Å². The molecule has 2 aromatic heterocycles. The van der Waals surface area contributed by atoms with Crippen molar-refractivity contribution in [3.63, 3.8) is 0 Å². The average Bonchev–Trinajstić information content (AvgIpc) is 3.40. The number of rotatable bonds is 5. The molecular formula is C29H21F3N4O4S2. The van der Waals surface area contributed by atoms with Crippen molar-refractivity contribution in [3.05, 3.63) is 104 Å². The molecule has 0 bridgehead atoms. The van der Waals surface area contributed by atoms with Crippen molar-refractivity contribution < 1.29 is 27.6 Å². The fourth-order valence-corrected chi connectivity index (χ4v) is 8.01. The van der Waals surface area contributed by atoms with Crippen LogP contribution in [0.15, 0.2) is 82.9 Å². The number of pyridine rings is 1. The third kappa shape index (κ3) is 4.92. The molecular weight excluding hydrogens is 589 g/mol. The van der Waals surface area contributed by atoms with Crippen LogP contribution < -0.4 is 15.1 Å². The molecule has 2 aromatic carbocycles. The Kier molecular flexibility index (Phi) is 7.01. The number of benzene rings is 2. The number of anilines is 2. The smallest absolute Gasteiger partial charge is 0.325 e. The van der Waals surface area contributed by atoms with Gasteiger partial charge in [0.1, 0.15) is 11.8 Å². The first kappa shape index (κ1) is 27.9. The quantitative estimate of drug-likeness (QED) is 0.317. The third-order valence-corrected chi connectivity index (χ3v) is 9.76. The number of imide groups is 1. The summed E-state index contributed by atoms with van der Waals surface area (Å²) < 4.78 is 40.6. The number of halogens is 3. The number of amides is 3. The minimum Gasteiger partial charge on any atom is -0.325 e. The number of hydrogen-bond donors (Lipinski definition) is 1. The highest BCUT2D eigenvalue weighted by atomic mass is 32.2. The summed E-state index contributed by atoms with van der Waals surface area (Å²) in [6.45, 7) is 1.40. The van der Waals surface area contributed by atoms with Crippen LogP contribution in [0.4, 0.5) is 24.5 Å². The number of fused-ring (bicyclic) bond motifs is 2. The summed E-state index contributed by atoms with van der Waals surface area (Å²) in [6, 6.07) is 14.7. The van der Waals surface area contributed by atoms with Gasteiger partial charge < -0.3 is 5.32 Å². The van der Waals surface area contributed by atoms with E-state index in [0.717, 1.165) is 40.8 Å². The Morgan fingerprint density at radius 2 is 1.79 bits per heavy atom. The van der Waals surface area contributed by atoms with Gasteiger partial charge in [-0.3, -0.25) is 28.7 Å². The van der Waals surface area contributed by atoms with Crippen LogP contribution in [0.25, 0.3) is 0 Å². The molecule has 0 radical (unpaired) electrons. The Labute approximate surface area is 245 Å². The first-order valence-corrected chi connectivity index (χ1v) is 14.4. The maximum absolute atomic E-state index is 13.8. The third-order valence-electron chi connectivity index (χ3n) is 7.16. The molecule has 0 aliphatic carbocycles. The van der Waals surface area contributed by atoms with Crippen molar-refractivity contribution in [2.45, 2.75) is 35.8 Å². The number of aromatic nitrogens is 2. The number of hydrogen-bond acceptors (Lipinski definition) is 7. The van der Waals surface area contributed by atoms with E-state index in [1.165, 1.54) is 21.6 Å². The van der Waals surface area contributed by atoms with Crippen LogP contribution in [0.1, 0.15) is 27.5 Å². The van der Waals surface area contributed by atoms with Gasteiger partial charge in [0.05, 0.1) is 22.2 Å². The molecule has 4 aromatic rings. The number of alkyl halides is 3. The predicted molar refractivity (Wildman–Crippen MR) is 152 cm³/mol. The highest BCUT2D eigenvalue weighted by Gasteiger charge is 2.56. The van der Waals surface area contributed by atoms with Crippen molar-refractivity contribution in [1.29, 1.82) is 0 Å². The molecule has 0 spiro atoms. The highest BCUT2D eigenvalue weighted by molar-refractivity contribution is 8.00. The van der Waals surface area contributed by atoms with E-state index in [1.54, 1.807) is 48.8 Å². The number of thiazole rings is 1. The Balaban J connectivity index is 1.36. The molecule has 2 aliphatic heterocycles. The van der Waals surface area contributed by atoms with Gasteiger partial charge in [0, 0.05) is 28.9 Å². The second-order valence-corrected chi connectivity index (χ2v) is 12.0. The van der Waals surface area contributed by atoms with Gasteiger partial charge in [-0.1, -0.05) is 52.9 Å². The predicted octanol–water partition coefficient (Wildman–Crippen LogP) is 5.07. The van der Waals surface area contributed by atoms with Gasteiger partial charge in [-0.25, -0.2) is 4.90 Å². The standard InChI is InChI=1S/C29H21F3N4O4S2/c1-15-7-9-19(10-8-15)36-25(38)22-21(16-4-3-11-33-13-16)24-27(41-23(22)26(36)39)35(28(40)42-24)14-20(37)34-18-6-2-5-17(12-18)29(30,31)32/h2-13,21-23H,14H2,1H3,(H,34,37)/t21-,22?,23?/m0/s1. The Morgan fingerprint density at radius 3 is 2.48 bits per heavy atom. The van der Waals surface area contributed by atoms with Gasteiger partial charge >= 0.3 is 11.0 Å². The zero-order chi connectivity index (χ0) is 29.8. The van der Waals surface area contributed by atoms with E-state index < -0.39 is 58.0 Å². The lowest BCUT2D eigenvalue weighted by Gasteiger charge is -2.30. The fourth-order valence-electron chi connectivity index (χ4n) is 5.24. The summed E-state index contributed by atoms with van der Waals surface area (Å²) in [5.41, 5.74) is 1.05. The lowest BCUT2D eigenvalue weighted by atomic mass is 9.84. The normalized spacial score (nSPS) is 19.9. The van der Waals surface area contributed by atoms with Crippen molar-refractivity contribution in [1.82, 2.24) is 9.55 Å². The van der Waals surface area contributed by atoms with E-state index >= 15 is 0 Å². The van der Waals surface area contributed by atoms with Gasteiger partial charge in [-0.15, -0.1) is 0 Å². The molecule has 3 amide bonds. The molecule has 2 unspecified atom stereocenters. The minimum atomic E-state index is -4.59. The molecule has 214 valence electrons. The van der Waals surface area contributed by atoms with Crippen LogP contribution in [0.5, 0.6) is 0 Å². The molecule has 1 N–H and O–H groups in total. The van der Waals surface area contributed by atoms with Gasteiger partial charge in [0.25, 0.3) is 0 Å². The van der Waals surface area contributed by atoms with Crippen LogP contribution in [0.2, 0.25) is 0 Å². The molecule has 4 heterocycles. The Bertz CT molecular complexity index is 1770. The molecule has 3 atom stereocenters. The number of nitrogens with one attached hydrogen (secondary N) is 1. The maximum Gasteiger partial charge on any atom is 0.416 e. The topological polar surface area (TPSA) is 101 Å². The van der Waals surface area contributed by atoms with Crippen molar-refractivity contribution in [3.8, 4) is 0 Å². The second-order valence-electron chi connectivity index (χ2n) is 9.93. The molecule has 8 nitrogen and oxygen atoms in total. The van der Waals surface area contributed by atoms with Gasteiger partial charge in [-0.2, -0.15) is 13.2 Å². The summed E-state index contributed by atoms with van der Waals surface area (Å²) in [7, 11) is 0. The first-order chi connectivity index (χ1) is 20.0. The van der Waals surface area contributed by atoms with Crippen LogP contribution >= 0.6 is 23.1 Å². The lowest BCUT2D eigenvalue weighted by Crippen LogP contribution is -2.33. The number of carbonyl (C=O) groups excluding carboxylic acids is 3. The second kappa shape index (κ2) is 10.6. The molecule has 6 rings (SSSR count). The first-order valence-electron chi connectivity index (χ1n) is 12.7. The van der Waals surface area contributed by atoms with E-state index in [2.05, 4.69) is 10.3 Å².